The highest BCUT2D eigenvalue weighted by Crippen LogP contribution is 2.34. The van der Waals surface area contributed by atoms with Crippen LogP contribution in [0.1, 0.15) is 16.1 Å². The molecule has 0 fully saturated rings. The van der Waals surface area contributed by atoms with Gasteiger partial charge in [0.1, 0.15) is 17.9 Å². The van der Waals surface area contributed by atoms with E-state index >= 15 is 0 Å². The van der Waals surface area contributed by atoms with Gasteiger partial charge in [-0.2, -0.15) is 5.10 Å². The number of nitrogens with zero attached hydrogens (tertiary/aromatic N) is 2. The van der Waals surface area contributed by atoms with Crippen molar-refractivity contribution in [2.24, 2.45) is 0 Å². The number of carbonyl (C=O) groups excluding carboxylic acids is 1. The second-order valence-electron chi connectivity index (χ2n) is 4.05. The van der Waals surface area contributed by atoms with Gasteiger partial charge in [-0.15, -0.1) is 0 Å². The maximum atomic E-state index is 13.3. The molecule has 2 rings (SSSR count). The molecule has 7 heteroatoms. The Morgan fingerprint density at radius 3 is 2.62 bits per heavy atom. The topological polar surface area (TPSA) is 62.6 Å². The van der Waals surface area contributed by atoms with Crippen LogP contribution in [-0.2, 0) is 11.4 Å². The smallest absolute Gasteiger partial charge is 0.341 e. The van der Waals surface area contributed by atoms with Gasteiger partial charge in [-0.05, 0) is 12.1 Å². The van der Waals surface area contributed by atoms with Crippen LogP contribution >= 0.6 is 0 Å². The van der Waals surface area contributed by atoms with Gasteiger partial charge in [-0.1, -0.05) is 6.07 Å². The number of aromatic nitrogens is 2. The first-order valence-electron chi connectivity index (χ1n) is 6.10. The summed E-state index contributed by atoms with van der Waals surface area (Å²) in [6, 6.07) is 5.12. The van der Waals surface area contributed by atoms with Crippen molar-refractivity contribution in [3.8, 4) is 17.2 Å². The Morgan fingerprint density at radius 2 is 2.05 bits per heavy atom. The molecule has 0 aliphatic carbocycles. The first-order valence-corrected chi connectivity index (χ1v) is 6.10. The second-order valence-corrected chi connectivity index (χ2v) is 4.05. The highest BCUT2D eigenvalue weighted by atomic mass is 19.1. The summed E-state index contributed by atoms with van der Waals surface area (Å²) in [5.41, 5.74) is 0.637. The van der Waals surface area contributed by atoms with E-state index in [4.69, 9.17) is 9.47 Å². The fourth-order valence-corrected chi connectivity index (χ4v) is 2.03. The number of benzene rings is 1. The second kappa shape index (κ2) is 6.25. The third-order valence-electron chi connectivity index (χ3n) is 3.01. The van der Waals surface area contributed by atoms with E-state index in [0.29, 0.717) is 17.2 Å². The van der Waals surface area contributed by atoms with Crippen molar-refractivity contribution in [1.82, 2.24) is 9.78 Å². The Hall–Kier alpha value is -2.57. The van der Waals surface area contributed by atoms with Crippen molar-refractivity contribution in [3.05, 3.63) is 35.7 Å². The van der Waals surface area contributed by atoms with Crippen LogP contribution in [0.4, 0.5) is 4.39 Å². The SMILES string of the molecule is COC(=O)c1cnn(-c2cccc(OC)c2OC)c1CF. The largest absolute Gasteiger partial charge is 0.493 e. The fraction of sp³-hybridized carbons (Fsp3) is 0.286. The predicted molar refractivity (Wildman–Crippen MR) is 72.8 cm³/mol. The minimum absolute atomic E-state index is 0.0740. The van der Waals surface area contributed by atoms with Gasteiger partial charge in [0, 0.05) is 0 Å². The third-order valence-corrected chi connectivity index (χ3v) is 3.01. The summed E-state index contributed by atoms with van der Waals surface area (Å²) in [7, 11) is 4.20. The average molecular weight is 294 g/mol. The van der Waals surface area contributed by atoms with Gasteiger partial charge in [0.2, 0.25) is 0 Å². The van der Waals surface area contributed by atoms with Crippen LogP contribution in [0.25, 0.3) is 5.69 Å². The van der Waals surface area contributed by atoms with E-state index < -0.39 is 12.6 Å². The molecule has 0 unspecified atom stereocenters. The summed E-state index contributed by atoms with van der Waals surface area (Å²) in [5, 5.41) is 4.05. The Bertz CT molecular complexity index is 654. The molecule has 0 saturated heterocycles. The van der Waals surface area contributed by atoms with Crippen molar-refractivity contribution in [2.45, 2.75) is 6.67 Å². The Labute approximate surface area is 121 Å². The van der Waals surface area contributed by atoms with Crippen molar-refractivity contribution in [2.75, 3.05) is 21.3 Å². The highest BCUT2D eigenvalue weighted by Gasteiger charge is 2.21. The number of halogens is 1. The maximum absolute atomic E-state index is 13.3. The van der Waals surface area contributed by atoms with Crippen LogP contribution in [0.3, 0.4) is 0 Å². The monoisotopic (exact) mass is 294 g/mol. The normalized spacial score (nSPS) is 10.3. The standard InChI is InChI=1S/C14H15FN2O4/c1-19-12-6-4-5-10(13(12)20-2)17-11(7-15)9(8-16-17)14(18)21-3/h4-6,8H,7H2,1-3H3. The molecule has 0 bridgehead atoms. The zero-order valence-corrected chi connectivity index (χ0v) is 11.9. The van der Waals surface area contributed by atoms with Gasteiger partial charge in [-0.3, -0.25) is 0 Å². The number of ether oxygens (including phenoxy) is 3. The van der Waals surface area contributed by atoms with Gasteiger partial charge >= 0.3 is 5.97 Å². The fourth-order valence-electron chi connectivity index (χ4n) is 2.03. The van der Waals surface area contributed by atoms with E-state index in [1.165, 1.54) is 32.2 Å². The van der Waals surface area contributed by atoms with E-state index in [9.17, 15) is 9.18 Å². The molecule has 1 aromatic carbocycles. The van der Waals surface area contributed by atoms with Crippen molar-refractivity contribution < 1.29 is 23.4 Å². The number of hydrogen-bond donors (Lipinski definition) is 0. The first kappa shape index (κ1) is 14.8. The maximum Gasteiger partial charge on any atom is 0.341 e. The van der Waals surface area contributed by atoms with Crippen molar-refractivity contribution in [3.63, 3.8) is 0 Å². The van der Waals surface area contributed by atoms with Gasteiger partial charge in [0.15, 0.2) is 11.5 Å². The molecule has 2 aromatic rings. The summed E-state index contributed by atoms with van der Waals surface area (Å²) in [6.07, 6.45) is 1.26. The first-order chi connectivity index (χ1) is 10.2. The van der Waals surface area contributed by atoms with E-state index in [-0.39, 0.29) is 11.3 Å². The van der Waals surface area contributed by atoms with Crippen molar-refractivity contribution in [1.29, 1.82) is 0 Å². The summed E-state index contributed by atoms with van der Waals surface area (Å²) >= 11 is 0. The number of esters is 1. The molecule has 21 heavy (non-hydrogen) atoms. The zero-order chi connectivity index (χ0) is 15.4. The number of para-hydroxylation sites is 1. The third kappa shape index (κ3) is 2.54. The molecular weight excluding hydrogens is 279 g/mol. The summed E-state index contributed by atoms with van der Waals surface area (Å²) < 4.78 is 29.7. The summed E-state index contributed by atoms with van der Waals surface area (Å²) in [6.45, 7) is -0.870. The van der Waals surface area contributed by atoms with Crippen molar-refractivity contribution >= 4 is 5.97 Å². The van der Waals surface area contributed by atoms with Crippen LogP contribution in [0.5, 0.6) is 11.5 Å². The lowest BCUT2D eigenvalue weighted by Gasteiger charge is -2.13. The van der Waals surface area contributed by atoms with Crippen LogP contribution in [-0.4, -0.2) is 37.1 Å². The quantitative estimate of drug-likeness (QED) is 0.791. The van der Waals surface area contributed by atoms with Crippen LogP contribution in [0, 0.1) is 0 Å². The minimum atomic E-state index is -0.870. The van der Waals surface area contributed by atoms with E-state index in [2.05, 4.69) is 9.84 Å². The Morgan fingerprint density at radius 1 is 1.29 bits per heavy atom. The van der Waals surface area contributed by atoms with E-state index in [0.717, 1.165) is 0 Å². The lowest BCUT2D eigenvalue weighted by atomic mass is 10.2. The molecule has 112 valence electrons. The van der Waals surface area contributed by atoms with Gasteiger partial charge < -0.3 is 14.2 Å². The number of rotatable bonds is 5. The molecule has 0 amide bonds. The van der Waals surface area contributed by atoms with Gasteiger partial charge in [-0.25, -0.2) is 13.9 Å². The molecule has 0 aliphatic heterocycles. The van der Waals surface area contributed by atoms with Gasteiger partial charge in [0.25, 0.3) is 0 Å². The number of hydrogen-bond acceptors (Lipinski definition) is 5. The predicted octanol–water partition coefficient (Wildman–Crippen LogP) is 2.15. The highest BCUT2D eigenvalue weighted by molar-refractivity contribution is 5.90. The molecule has 0 N–H and O–H groups in total. The molecule has 1 heterocycles. The summed E-state index contributed by atoms with van der Waals surface area (Å²) in [4.78, 5) is 11.6. The van der Waals surface area contributed by atoms with Crippen LogP contribution in [0.2, 0.25) is 0 Å². The van der Waals surface area contributed by atoms with Crippen LogP contribution < -0.4 is 9.47 Å². The van der Waals surface area contributed by atoms with Crippen LogP contribution in [0.15, 0.2) is 24.4 Å². The van der Waals surface area contributed by atoms with E-state index in [1.54, 1.807) is 18.2 Å². The molecular formula is C14H15FN2O4. The number of alkyl halides is 1. The lowest BCUT2D eigenvalue weighted by Crippen LogP contribution is -2.08. The molecule has 0 aliphatic rings. The van der Waals surface area contributed by atoms with E-state index in [1.807, 2.05) is 0 Å². The molecule has 1 aromatic heterocycles. The molecule has 6 nitrogen and oxygen atoms in total. The Balaban J connectivity index is 2.62. The zero-order valence-electron chi connectivity index (χ0n) is 11.9. The number of carbonyl (C=O) groups is 1. The molecule has 0 saturated carbocycles. The number of methoxy groups -OCH3 is 3. The molecule has 0 atom stereocenters. The average Bonchev–Trinajstić information content (AvgIpc) is 2.96. The minimum Gasteiger partial charge on any atom is -0.493 e. The molecule has 0 radical (unpaired) electrons. The molecule has 0 spiro atoms. The lowest BCUT2D eigenvalue weighted by molar-refractivity contribution is 0.0598. The summed E-state index contributed by atoms with van der Waals surface area (Å²) in [5.74, 6) is 0.236. The Kier molecular flexibility index (Phi) is 4.42. The van der Waals surface area contributed by atoms with Gasteiger partial charge in [0.05, 0.1) is 33.2 Å².